The number of hydrogen-bond donors (Lipinski definition) is 2. The van der Waals surface area contributed by atoms with Gasteiger partial charge in [-0.05, 0) is 12.1 Å². The number of aromatic amines is 1. The van der Waals surface area contributed by atoms with Crippen LogP contribution in [0, 0.1) is 0 Å². The van der Waals surface area contributed by atoms with E-state index >= 15 is 0 Å². The highest BCUT2D eigenvalue weighted by Gasteiger charge is 2.22. The zero-order valence-electron chi connectivity index (χ0n) is 12.7. The molecule has 0 spiro atoms. The van der Waals surface area contributed by atoms with Crippen LogP contribution in [0.25, 0.3) is 11.3 Å². The smallest absolute Gasteiger partial charge is 0.387 e. The van der Waals surface area contributed by atoms with Crippen LogP contribution in [0.3, 0.4) is 0 Å². The van der Waals surface area contributed by atoms with Gasteiger partial charge in [-0.3, -0.25) is 9.89 Å². The van der Waals surface area contributed by atoms with Gasteiger partial charge in [0, 0.05) is 31.7 Å². The molecule has 0 bridgehead atoms. The topological polar surface area (TPSA) is 70.2 Å². The molecule has 1 aromatic carbocycles. The lowest BCUT2D eigenvalue weighted by Crippen LogP contribution is -2.46. The lowest BCUT2D eigenvalue weighted by Gasteiger charge is -2.27. The van der Waals surface area contributed by atoms with Gasteiger partial charge in [0.05, 0.1) is 17.5 Å². The molecule has 0 atom stereocenters. The number of H-pyrrole nitrogens is 1. The number of carbonyl (C=O) groups is 1. The van der Waals surface area contributed by atoms with Gasteiger partial charge in [-0.2, -0.15) is 13.9 Å². The van der Waals surface area contributed by atoms with E-state index in [-0.39, 0.29) is 24.1 Å². The van der Waals surface area contributed by atoms with Gasteiger partial charge in [0.25, 0.3) is 5.91 Å². The fourth-order valence-corrected chi connectivity index (χ4v) is 2.53. The maximum Gasteiger partial charge on any atom is 0.387 e. The highest BCUT2D eigenvalue weighted by molar-refractivity contribution is 5.99. The van der Waals surface area contributed by atoms with Crippen LogP contribution < -0.4 is 10.1 Å². The monoisotopic (exact) mass is 358 g/mol. The summed E-state index contributed by atoms with van der Waals surface area (Å²) >= 11 is 0. The summed E-state index contributed by atoms with van der Waals surface area (Å²) < 4.78 is 29.1. The zero-order valence-corrected chi connectivity index (χ0v) is 13.5. The first-order chi connectivity index (χ1) is 11.1. The molecule has 0 aliphatic carbocycles. The van der Waals surface area contributed by atoms with Gasteiger partial charge >= 0.3 is 6.61 Å². The molecule has 6 nitrogen and oxygen atoms in total. The average molecular weight is 359 g/mol. The highest BCUT2D eigenvalue weighted by Crippen LogP contribution is 2.26. The number of carbonyl (C=O) groups excluding carboxylic acids is 1. The molecular weight excluding hydrogens is 342 g/mol. The molecule has 0 radical (unpaired) electrons. The quantitative estimate of drug-likeness (QED) is 0.878. The van der Waals surface area contributed by atoms with Crippen LogP contribution in [-0.4, -0.2) is 53.8 Å². The van der Waals surface area contributed by atoms with Crippen molar-refractivity contribution in [2.75, 3.05) is 26.2 Å². The summed E-state index contributed by atoms with van der Waals surface area (Å²) in [5.41, 5.74) is 1.48. The number of benzene rings is 1. The van der Waals surface area contributed by atoms with E-state index in [1.165, 1.54) is 18.3 Å². The van der Waals surface area contributed by atoms with Crippen molar-refractivity contribution in [1.29, 1.82) is 0 Å². The number of nitrogens with zero attached hydrogens (tertiary/aromatic N) is 2. The number of amides is 1. The van der Waals surface area contributed by atoms with Crippen LogP contribution in [0.5, 0.6) is 5.75 Å². The molecule has 24 heavy (non-hydrogen) atoms. The maximum atomic E-state index is 12.6. The summed E-state index contributed by atoms with van der Waals surface area (Å²) in [5.74, 6) is -0.0943. The molecule has 1 saturated heterocycles. The first-order valence-corrected chi connectivity index (χ1v) is 7.24. The maximum absolute atomic E-state index is 12.6. The molecule has 1 amide bonds. The number of ether oxygens (including phenoxy) is 1. The van der Waals surface area contributed by atoms with E-state index in [9.17, 15) is 13.6 Å². The number of aromatic nitrogens is 2. The van der Waals surface area contributed by atoms with Gasteiger partial charge in [-0.25, -0.2) is 0 Å². The van der Waals surface area contributed by atoms with Crippen LogP contribution in [0.1, 0.15) is 10.4 Å². The summed E-state index contributed by atoms with van der Waals surface area (Å²) in [6, 6.07) is 6.19. The fourth-order valence-electron chi connectivity index (χ4n) is 2.53. The van der Waals surface area contributed by atoms with E-state index in [0.29, 0.717) is 29.9 Å². The predicted molar refractivity (Wildman–Crippen MR) is 86.7 cm³/mol. The van der Waals surface area contributed by atoms with Crippen molar-refractivity contribution in [2.24, 2.45) is 0 Å². The highest BCUT2D eigenvalue weighted by atomic mass is 35.5. The number of rotatable bonds is 4. The second-order valence-electron chi connectivity index (χ2n) is 5.11. The SMILES string of the molecule is Cl.O=C(c1cn[nH]c1-c1cccc(OC(F)F)c1)N1CCNCC1. The molecule has 1 fully saturated rings. The Balaban J connectivity index is 0.00000208. The van der Waals surface area contributed by atoms with Crippen molar-refractivity contribution in [3.8, 4) is 17.0 Å². The Morgan fingerprint density at radius 2 is 2.04 bits per heavy atom. The van der Waals surface area contributed by atoms with Gasteiger partial charge in [-0.1, -0.05) is 12.1 Å². The number of alkyl halides is 2. The second-order valence-corrected chi connectivity index (χ2v) is 5.11. The van der Waals surface area contributed by atoms with E-state index in [1.807, 2.05) is 0 Å². The Kier molecular flexibility index (Phi) is 6.10. The molecular formula is C15H17ClF2N4O2. The van der Waals surface area contributed by atoms with Gasteiger partial charge < -0.3 is 15.0 Å². The van der Waals surface area contributed by atoms with Gasteiger partial charge in [-0.15, -0.1) is 12.4 Å². The minimum Gasteiger partial charge on any atom is -0.435 e. The molecule has 1 aromatic heterocycles. The zero-order chi connectivity index (χ0) is 16.2. The Morgan fingerprint density at radius 1 is 1.29 bits per heavy atom. The number of halogens is 3. The van der Waals surface area contributed by atoms with Crippen molar-refractivity contribution in [3.63, 3.8) is 0 Å². The van der Waals surface area contributed by atoms with Gasteiger partial charge in [0.1, 0.15) is 5.75 Å². The van der Waals surface area contributed by atoms with Crippen molar-refractivity contribution in [2.45, 2.75) is 6.61 Å². The van der Waals surface area contributed by atoms with Crippen molar-refractivity contribution < 1.29 is 18.3 Å². The minimum atomic E-state index is -2.89. The third-order valence-electron chi connectivity index (χ3n) is 3.62. The molecule has 3 rings (SSSR count). The lowest BCUT2D eigenvalue weighted by atomic mass is 10.1. The van der Waals surface area contributed by atoms with E-state index < -0.39 is 6.61 Å². The molecule has 2 heterocycles. The summed E-state index contributed by atoms with van der Waals surface area (Å²) in [4.78, 5) is 14.3. The molecule has 2 N–H and O–H groups in total. The minimum absolute atomic E-state index is 0. The van der Waals surface area contributed by atoms with Crippen LogP contribution in [-0.2, 0) is 0 Å². The van der Waals surface area contributed by atoms with Crippen molar-refractivity contribution >= 4 is 18.3 Å². The molecule has 1 aliphatic rings. The molecule has 2 aromatic rings. The predicted octanol–water partition coefficient (Wildman–Crippen LogP) is 2.15. The van der Waals surface area contributed by atoms with E-state index in [4.69, 9.17) is 0 Å². The third-order valence-corrected chi connectivity index (χ3v) is 3.62. The Morgan fingerprint density at radius 3 is 2.75 bits per heavy atom. The van der Waals surface area contributed by atoms with E-state index in [2.05, 4.69) is 20.3 Å². The lowest BCUT2D eigenvalue weighted by molar-refractivity contribution is -0.0498. The number of nitrogens with one attached hydrogen (secondary N) is 2. The van der Waals surface area contributed by atoms with Gasteiger partial charge in [0.15, 0.2) is 0 Å². The Bertz CT molecular complexity index is 690. The Labute approximate surface area is 143 Å². The van der Waals surface area contributed by atoms with Crippen molar-refractivity contribution in [3.05, 3.63) is 36.0 Å². The Hall–Kier alpha value is -2.19. The van der Waals surface area contributed by atoms with Crippen molar-refractivity contribution in [1.82, 2.24) is 20.4 Å². The van der Waals surface area contributed by atoms with E-state index in [1.54, 1.807) is 17.0 Å². The molecule has 0 saturated carbocycles. The largest absolute Gasteiger partial charge is 0.435 e. The van der Waals surface area contributed by atoms with Crippen LogP contribution in [0.2, 0.25) is 0 Å². The van der Waals surface area contributed by atoms with Gasteiger partial charge in [0.2, 0.25) is 0 Å². The summed E-state index contributed by atoms with van der Waals surface area (Å²) in [6.45, 7) is -0.155. The number of hydrogen-bond acceptors (Lipinski definition) is 4. The van der Waals surface area contributed by atoms with Crippen LogP contribution >= 0.6 is 12.4 Å². The number of piperazine rings is 1. The normalized spacial score (nSPS) is 14.4. The molecule has 9 heteroatoms. The summed E-state index contributed by atoms with van der Waals surface area (Å²) in [6.07, 6.45) is 1.46. The first-order valence-electron chi connectivity index (χ1n) is 7.24. The van der Waals surface area contributed by atoms with Crippen LogP contribution in [0.4, 0.5) is 8.78 Å². The first kappa shape index (κ1) is 18.2. The summed E-state index contributed by atoms with van der Waals surface area (Å²) in [5, 5.41) is 9.88. The molecule has 130 valence electrons. The van der Waals surface area contributed by atoms with E-state index in [0.717, 1.165) is 13.1 Å². The average Bonchev–Trinajstić information content (AvgIpc) is 3.04. The fraction of sp³-hybridized carbons (Fsp3) is 0.333. The molecule has 1 aliphatic heterocycles. The van der Waals surface area contributed by atoms with Crippen LogP contribution in [0.15, 0.2) is 30.5 Å². The summed E-state index contributed by atoms with van der Waals surface area (Å²) in [7, 11) is 0. The standard InChI is InChI=1S/C15H16F2N4O2.ClH/c16-15(17)23-11-3-1-2-10(8-11)13-12(9-19-20-13)14(22)21-6-4-18-5-7-21;/h1-3,8-9,15,18H,4-7H2,(H,19,20);1H. The molecule has 0 unspecified atom stereocenters. The second kappa shape index (κ2) is 8.07. The third kappa shape index (κ3) is 4.01.